The zero-order chi connectivity index (χ0) is 20.6. The van der Waals surface area contributed by atoms with Gasteiger partial charge in [0.25, 0.3) is 5.91 Å². The molecule has 158 valence electrons. The van der Waals surface area contributed by atoms with Gasteiger partial charge in [-0.25, -0.2) is 0 Å². The third-order valence-corrected chi connectivity index (χ3v) is 6.87. The molecule has 0 saturated carbocycles. The Morgan fingerprint density at radius 1 is 1.17 bits per heavy atom. The quantitative estimate of drug-likeness (QED) is 0.842. The van der Waals surface area contributed by atoms with Crippen LogP contribution in [-0.2, 0) is 17.6 Å². The number of likely N-dealkylation sites (tertiary alicyclic amines) is 1. The van der Waals surface area contributed by atoms with Gasteiger partial charge in [0.1, 0.15) is 17.1 Å². The Kier molecular flexibility index (Phi) is 5.15. The summed E-state index contributed by atoms with van der Waals surface area (Å²) < 4.78 is 12.3. The number of rotatable bonds is 4. The highest BCUT2D eigenvalue weighted by Crippen LogP contribution is 2.44. The number of carbonyl (C=O) groups is 1. The van der Waals surface area contributed by atoms with Gasteiger partial charge in [0, 0.05) is 25.1 Å². The summed E-state index contributed by atoms with van der Waals surface area (Å²) in [5.41, 5.74) is 3.64. The lowest BCUT2D eigenvalue weighted by atomic mass is 9.80. The second kappa shape index (κ2) is 7.95. The molecule has 30 heavy (non-hydrogen) atoms. The fourth-order valence-electron chi connectivity index (χ4n) is 5.10. The van der Waals surface area contributed by atoms with E-state index in [9.17, 15) is 4.79 Å². The van der Waals surface area contributed by atoms with Gasteiger partial charge in [0.2, 0.25) is 0 Å². The van der Waals surface area contributed by atoms with Crippen LogP contribution in [0.25, 0.3) is 0 Å². The van der Waals surface area contributed by atoms with E-state index in [-0.39, 0.29) is 24.2 Å². The maximum Gasteiger partial charge on any atom is 0.258 e. The van der Waals surface area contributed by atoms with Gasteiger partial charge < -0.3 is 19.7 Å². The fourth-order valence-corrected chi connectivity index (χ4v) is 5.10. The molecule has 1 N–H and O–H groups in total. The molecular weight excluding hydrogens is 376 g/mol. The first kappa shape index (κ1) is 19.4. The molecule has 1 amide bonds. The summed E-state index contributed by atoms with van der Waals surface area (Å²) in [6.45, 7) is 2.07. The minimum Gasteiger partial charge on any atom is -0.487 e. The molecule has 5 heteroatoms. The number of benzene rings is 2. The first-order valence-electron chi connectivity index (χ1n) is 11.1. The molecular formula is C25H30N2O3. The van der Waals surface area contributed by atoms with E-state index in [1.807, 2.05) is 24.3 Å². The number of hydrogen-bond acceptors (Lipinski definition) is 4. The Labute approximate surface area is 178 Å². The van der Waals surface area contributed by atoms with Gasteiger partial charge in [0.15, 0.2) is 6.61 Å². The smallest absolute Gasteiger partial charge is 0.258 e. The number of nitrogens with zero attached hydrogens (tertiary/aromatic N) is 1. The number of hydrogen-bond donors (Lipinski definition) is 1. The van der Waals surface area contributed by atoms with Gasteiger partial charge in [-0.2, -0.15) is 0 Å². The molecule has 1 saturated heterocycles. The van der Waals surface area contributed by atoms with Crippen LogP contribution in [0.15, 0.2) is 42.5 Å². The summed E-state index contributed by atoms with van der Waals surface area (Å²) in [5, 5.41) is 3.22. The maximum atomic E-state index is 12.8. The van der Waals surface area contributed by atoms with Crippen molar-refractivity contribution < 1.29 is 14.3 Å². The molecule has 0 radical (unpaired) electrons. The van der Waals surface area contributed by atoms with Crippen molar-refractivity contribution in [1.29, 1.82) is 0 Å². The summed E-state index contributed by atoms with van der Waals surface area (Å²) in [5.74, 6) is 1.60. The highest BCUT2D eigenvalue weighted by atomic mass is 16.5. The van der Waals surface area contributed by atoms with Gasteiger partial charge in [-0.3, -0.25) is 4.79 Å². The van der Waals surface area contributed by atoms with Crippen molar-refractivity contribution >= 4 is 5.91 Å². The lowest BCUT2D eigenvalue weighted by Crippen LogP contribution is -2.51. The maximum absolute atomic E-state index is 12.8. The summed E-state index contributed by atoms with van der Waals surface area (Å²) in [6.07, 6.45) is 6.24. The minimum absolute atomic E-state index is 0.0358. The highest BCUT2D eigenvalue weighted by molar-refractivity contribution is 5.78. The average Bonchev–Trinajstić information content (AvgIpc) is 3.22. The number of carbonyl (C=O) groups excluding carboxylic acids is 1. The average molecular weight is 407 g/mol. The van der Waals surface area contributed by atoms with Crippen molar-refractivity contribution in [3.8, 4) is 11.5 Å². The molecule has 5 rings (SSSR count). The van der Waals surface area contributed by atoms with E-state index in [2.05, 4.69) is 35.5 Å². The largest absolute Gasteiger partial charge is 0.487 e. The molecule has 2 heterocycles. The first-order chi connectivity index (χ1) is 14.6. The molecule has 5 nitrogen and oxygen atoms in total. The highest BCUT2D eigenvalue weighted by Gasteiger charge is 2.43. The van der Waals surface area contributed by atoms with Crippen molar-refractivity contribution in [1.82, 2.24) is 10.2 Å². The van der Waals surface area contributed by atoms with Crippen LogP contribution in [0.2, 0.25) is 0 Å². The van der Waals surface area contributed by atoms with Crippen LogP contribution in [0.5, 0.6) is 11.5 Å². The number of amides is 1. The molecule has 1 spiro atoms. The molecule has 0 unspecified atom stereocenters. The van der Waals surface area contributed by atoms with Gasteiger partial charge in [-0.05, 0) is 68.5 Å². The van der Waals surface area contributed by atoms with E-state index in [1.165, 1.54) is 17.5 Å². The van der Waals surface area contributed by atoms with Crippen molar-refractivity contribution in [2.45, 2.75) is 50.2 Å². The van der Waals surface area contributed by atoms with E-state index < -0.39 is 0 Å². The minimum atomic E-state index is -0.195. The molecule has 1 atom stereocenters. The Hall–Kier alpha value is -2.53. The summed E-state index contributed by atoms with van der Waals surface area (Å²) in [7, 11) is 2.15. The van der Waals surface area contributed by atoms with Crippen LogP contribution in [0.4, 0.5) is 0 Å². The lowest BCUT2D eigenvalue weighted by Gasteiger charge is -2.46. The number of nitrogens with one attached hydrogen (secondary N) is 1. The third-order valence-electron chi connectivity index (χ3n) is 6.87. The standard InChI is InChI=1S/C25H30N2O3/c1-27-13-11-25(12-14-27)16-22(21-7-2-3-8-23(21)30-25)26-24(28)17-29-20-10-9-18-5-4-6-19(18)15-20/h2-3,7-10,15,22H,4-6,11-14,16-17H2,1H3,(H,26,28)/t22-/m1/s1. The Morgan fingerprint density at radius 2 is 1.97 bits per heavy atom. The number of fused-ring (bicyclic) bond motifs is 2. The van der Waals surface area contributed by atoms with Crippen LogP contribution < -0.4 is 14.8 Å². The number of ether oxygens (including phenoxy) is 2. The second-order valence-electron chi connectivity index (χ2n) is 9.02. The lowest BCUT2D eigenvalue weighted by molar-refractivity contribution is -0.124. The Bertz CT molecular complexity index is 934. The fraction of sp³-hybridized carbons (Fsp3) is 0.480. The zero-order valence-corrected chi connectivity index (χ0v) is 17.7. The van der Waals surface area contributed by atoms with Crippen LogP contribution >= 0.6 is 0 Å². The van der Waals surface area contributed by atoms with Crippen LogP contribution in [0.1, 0.15) is 48.4 Å². The normalized spacial score (nSPS) is 22.1. The van der Waals surface area contributed by atoms with Gasteiger partial charge >= 0.3 is 0 Å². The molecule has 2 aliphatic heterocycles. The summed E-state index contributed by atoms with van der Waals surface area (Å²) >= 11 is 0. The van der Waals surface area contributed by atoms with Gasteiger partial charge in [-0.15, -0.1) is 0 Å². The van der Waals surface area contributed by atoms with Crippen molar-refractivity contribution in [2.75, 3.05) is 26.7 Å². The number of aryl methyl sites for hydroxylation is 2. The van der Waals surface area contributed by atoms with E-state index in [0.717, 1.165) is 62.3 Å². The predicted octanol–water partition coefficient (Wildman–Crippen LogP) is 3.66. The predicted molar refractivity (Wildman–Crippen MR) is 116 cm³/mol. The summed E-state index contributed by atoms with van der Waals surface area (Å²) in [6, 6.07) is 14.3. The molecule has 2 aromatic carbocycles. The Balaban J connectivity index is 1.26. The SMILES string of the molecule is CN1CCC2(CC1)C[C@@H](NC(=O)COc1ccc3c(c1)CCC3)c1ccccc1O2. The van der Waals surface area contributed by atoms with Crippen molar-refractivity contribution in [3.63, 3.8) is 0 Å². The molecule has 1 fully saturated rings. The van der Waals surface area contributed by atoms with E-state index in [0.29, 0.717) is 0 Å². The van der Waals surface area contributed by atoms with Gasteiger partial charge in [0.05, 0.1) is 6.04 Å². The molecule has 3 aliphatic rings. The van der Waals surface area contributed by atoms with Crippen molar-refractivity contribution in [3.05, 3.63) is 59.2 Å². The Morgan fingerprint density at radius 3 is 2.83 bits per heavy atom. The van der Waals surface area contributed by atoms with Gasteiger partial charge in [-0.1, -0.05) is 24.3 Å². The van der Waals surface area contributed by atoms with Crippen LogP contribution in [0, 0.1) is 0 Å². The van der Waals surface area contributed by atoms with Crippen molar-refractivity contribution in [2.24, 2.45) is 0 Å². The molecule has 1 aliphatic carbocycles. The van der Waals surface area contributed by atoms with E-state index in [4.69, 9.17) is 9.47 Å². The molecule has 2 aromatic rings. The number of piperidine rings is 1. The third kappa shape index (κ3) is 3.91. The monoisotopic (exact) mass is 406 g/mol. The summed E-state index contributed by atoms with van der Waals surface area (Å²) in [4.78, 5) is 15.1. The molecule has 0 aromatic heterocycles. The molecule has 0 bridgehead atoms. The second-order valence-corrected chi connectivity index (χ2v) is 9.02. The van der Waals surface area contributed by atoms with Crippen LogP contribution in [-0.4, -0.2) is 43.2 Å². The number of para-hydroxylation sites is 1. The van der Waals surface area contributed by atoms with E-state index in [1.54, 1.807) is 0 Å². The first-order valence-corrected chi connectivity index (χ1v) is 11.1. The van der Waals surface area contributed by atoms with Crippen LogP contribution in [0.3, 0.4) is 0 Å². The van der Waals surface area contributed by atoms with E-state index >= 15 is 0 Å². The topological polar surface area (TPSA) is 50.8 Å². The zero-order valence-electron chi connectivity index (χ0n) is 17.7.